The van der Waals surface area contributed by atoms with Crippen LogP contribution in [0.3, 0.4) is 0 Å². The van der Waals surface area contributed by atoms with E-state index in [1.807, 2.05) is 50.4 Å². The van der Waals surface area contributed by atoms with Gasteiger partial charge in [0.15, 0.2) is 5.13 Å². The Morgan fingerprint density at radius 3 is 2.78 bits per heavy atom. The zero-order valence-corrected chi connectivity index (χ0v) is 19.2. The molecule has 32 heavy (non-hydrogen) atoms. The number of carbonyl (C=O) groups is 1. The van der Waals surface area contributed by atoms with Crippen molar-refractivity contribution in [3.05, 3.63) is 48.3 Å². The van der Waals surface area contributed by atoms with Crippen LogP contribution in [0.4, 0.5) is 16.8 Å². The summed E-state index contributed by atoms with van der Waals surface area (Å²) >= 11 is 1.61. The fourth-order valence-corrected chi connectivity index (χ4v) is 4.65. The zero-order valence-electron chi connectivity index (χ0n) is 18.3. The number of aromatic nitrogens is 3. The lowest BCUT2D eigenvalue weighted by Gasteiger charge is -2.38. The molecule has 3 N–H and O–H groups in total. The van der Waals surface area contributed by atoms with Crippen molar-refractivity contribution in [1.82, 2.24) is 20.3 Å². The third-order valence-corrected chi connectivity index (χ3v) is 6.83. The summed E-state index contributed by atoms with van der Waals surface area (Å²) in [6, 6.07) is 9.80. The van der Waals surface area contributed by atoms with Gasteiger partial charge >= 0.3 is 0 Å². The van der Waals surface area contributed by atoms with Gasteiger partial charge in [0.2, 0.25) is 5.91 Å². The normalized spacial score (nSPS) is 15.4. The maximum Gasteiger partial charge on any atom is 0.226 e. The molecule has 1 saturated heterocycles. The van der Waals surface area contributed by atoms with Gasteiger partial charge in [0.25, 0.3) is 0 Å². The van der Waals surface area contributed by atoms with Crippen molar-refractivity contribution in [1.29, 1.82) is 0 Å². The number of carbonyl (C=O) groups excluding carboxylic acids is 1. The number of rotatable bonds is 7. The van der Waals surface area contributed by atoms with Crippen molar-refractivity contribution in [2.75, 3.05) is 36.5 Å². The van der Waals surface area contributed by atoms with Crippen LogP contribution in [-0.4, -0.2) is 52.2 Å². The Morgan fingerprint density at radius 1 is 1.22 bits per heavy atom. The van der Waals surface area contributed by atoms with Crippen LogP contribution in [0.5, 0.6) is 0 Å². The van der Waals surface area contributed by atoms with Crippen molar-refractivity contribution < 1.29 is 9.90 Å². The number of nitrogens with one attached hydrogen (secondary N) is 2. The quantitative estimate of drug-likeness (QED) is 0.505. The predicted octanol–water partition coefficient (Wildman–Crippen LogP) is 3.37. The Morgan fingerprint density at radius 2 is 2.03 bits per heavy atom. The number of pyridine rings is 2. The van der Waals surface area contributed by atoms with E-state index in [4.69, 9.17) is 10.1 Å². The molecule has 0 bridgehead atoms. The first kappa shape index (κ1) is 22.2. The highest BCUT2D eigenvalue weighted by molar-refractivity contribution is 7.18. The van der Waals surface area contributed by atoms with Gasteiger partial charge in [-0.3, -0.25) is 4.79 Å². The third-order valence-electron chi connectivity index (χ3n) is 5.75. The van der Waals surface area contributed by atoms with Crippen LogP contribution >= 0.6 is 11.3 Å². The van der Waals surface area contributed by atoms with Gasteiger partial charge in [0, 0.05) is 37.4 Å². The number of amides is 1. The maximum atomic E-state index is 12.4. The van der Waals surface area contributed by atoms with E-state index in [0.29, 0.717) is 6.54 Å². The molecule has 0 aromatic carbocycles. The number of hydrogen-bond acceptors (Lipinski definition) is 8. The number of anilines is 3. The molecule has 3 aromatic heterocycles. The van der Waals surface area contributed by atoms with E-state index in [1.165, 1.54) is 0 Å². The third kappa shape index (κ3) is 5.05. The molecular weight excluding hydrogens is 424 g/mol. The number of hydrogen-bond donors (Lipinski definition) is 3. The number of aliphatic hydroxyl groups is 1. The molecule has 0 radical (unpaired) electrons. The van der Waals surface area contributed by atoms with Gasteiger partial charge in [-0.05, 0) is 49.6 Å². The van der Waals surface area contributed by atoms with Crippen molar-refractivity contribution in [3.63, 3.8) is 0 Å². The molecular formula is C23H28N6O2S. The standard InChI is InChI=1S/C23H28N6O2S/c1-16-6-9-24-20(14-16)28-19-5-3-4-17(27-19)18-15-26-22(32-18)29-11-7-23(2,8-12-29)21(31)25-10-13-30/h3-6,9,14-15,30H,7-8,10-13H2,1-2H3,(H,25,31)(H,24,27,28). The highest BCUT2D eigenvalue weighted by atomic mass is 32.1. The average Bonchev–Trinajstić information content (AvgIpc) is 3.28. The van der Waals surface area contributed by atoms with E-state index in [0.717, 1.165) is 58.8 Å². The summed E-state index contributed by atoms with van der Waals surface area (Å²) in [6.45, 7) is 5.82. The highest BCUT2D eigenvalue weighted by Crippen LogP contribution is 2.36. The van der Waals surface area contributed by atoms with E-state index in [1.54, 1.807) is 17.5 Å². The second-order valence-electron chi connectivity index (χ2n) is 8.29. The van der Waals surface area contributed by atoms with Gasteiger partial charge in [-0.15, -0.1) is 0 Å². The summed E-state index contributed by atoms with van der Waals surface area (Å²) < 4.78 is 0. The molecule has 8 nitrogen and oxygen atoms in total. The number of nitrogens with zero attached hydrogens (tertiary/aromatic N) is 4. The molecule has 168 valence electrons. The second kappa shape index (κ2) is 9.62. The molecule has 0 unspecified atom stereocenters. The molecule has 1 aliphatic rings. The minimum Gasteiger partial charge on any atom is -0.395 e. The van der Waals surface area contributed by atoms with Crippen molar-refractivity contribution in [2.24, 2.45) is 5.41 Å². The lowest BCUT2D eigenvalue weighted by molar-refractivity contribution is -0.131. The van der Waals surface area contributed by atoms with Crippen molar-refractivity contribution >= 4 is 34.0 Å². The molecule has 0 saturated carbocycles. The fraction of sp³-hybridized carbons (Fsp3) is 0.391. The lowest BCUT2D eigenvalue weighted by atomic mass is 9.79. The van der Waals surface area contributed by atoms with Gasteiger partial charge in [-0.2, -0.15) is 0 Å². The number of aliphatic hydroxyl groups excluding tert-OH is 1. The summed E-state index contributed by atoms with van der Waals surface area (Å²) in [5.74, 6) is 1.51. The maximum absolute atomic E-state index is 12.4. The van der Waals surface area contributed by atoms with E-state index < -0.39 is 5.41 Å². The first-order valence-electron chi connectivity index (χ1n) is 10.7. The van der Waals surface area contributed by atoms with Crippen LogP contribution in [0.25, 0.3) is 10.6 Å². The fourth-order valence-electron chi connectivity index (χ4n) is 3.71. The van der Waals surface area contributed by atoms with Crippen molar-refractivity contribution in [2.45, 2.75) is 26.7 Å². The van der Waals surface area contributed by atoms with Gasteiger partial charge in [0.1, 0.15) is 11.6 Å². The topological polar surface area (TPSA) is 103 Å². The summed E-state index contributed by atoms with van der Waals surface area (Å²) in [6.07, 6.45) is 5.14. The van der Waals surface area contributed by atoms with E-state index in [-0.39, 0.29) is 12.5 Å². The Hall–Kier alpha value is -3.04. The SMILES string of the molecule is Cc1ccnc(Nc2cccc(-c3cnc(N4CCC(C)(C(=O)NCCO)CC4)s3)n2)c1. The number of aryl methyl sites for hydroxylation is 1. The molecule has 1 aliphatic heterocycles. The molecule has 0 spiro atoms. The Balaban J connectivity index is 1.42. The first-order valence-corrected chi connectivity index (χ1v) is 11.6. The van der Waals surface area contributed by atoms with Crippen LogP contribution < -0.4 is 15.5 Å². The first-order chi connectivity index (χ1) is 15.5. The van der Waals surface area contributed by atoms with Crippen LogP contribution in [0, 0.1) is 12.3 Å². The minimum atomic E-state index is -0.406. The molecule has 0 atom stereocenters. The molecule has 4 heterocycles. The lowest BCUT2D eigenvalue weighted by Crippen LogP contribution is -2.47. The number of thiazole rings is 1. The van der Waals surface area contributed by atoms with Crippen molar-refractivity contribution in [3.8, 4) is 10.6 Å². The van der Waals surface area contributed by atoms with Gasteiger partial charge in [0.05, 0.1) is 17.2 Å². The largest absolute Gasteiger partial charge is 0.395 e. The van der Waals surface area contributed by atoms with Gasteiger partial charge < -0.3 is 20.6 Å². The average molecular weight is 453 g/mol. The van der Waals surface area contributed by atoms with E-state index in [2.05, 4.69) is 25.5 Å². The van der Waals surface area contributed by atoms with Crippen LogP contribution in [0.15, 0.2) is 42.7 Å². The monoisotopic (exact) mass is 452 g/mol. The molecule has 1 fully saturated rings. The Kier molecular flexibility index (Phi) is 6.66. The summed E-state index contributed by atoms with van der Waals surface area (Å²) in [7, 11) is 0. The second-order valence-corrected chi connectivity index (χ2v) is 9.29. The van der Waals surface area contributed by atoms with Gasteiger partial charge in [-0.25, -0.2) is 15.0 Å². The predicted molar refractivity (Wildman–Crippen MR) is 127 cm³/mol. The Labute approximate surface area is 191 Å². The van der Waals surface area contributed by atoms with Crippen LogP contribution in [0.1, 0.15) is 25.3 Å². The molecule has 0 aliphatic carbocycles. The summed E-state index contributed by atoms with van der Waals surface area (Å²) in [5, 5.41) is 16.0. The summed E-state index contributed by atoms with van der Waals surface area (Å²) in [5.41, 5.74) is 1.59. The van der Waals surface area contributed by atoms with E-state index in [9.17, 15) is 4.79 Å². The van der Waals surface area contributed by atoms with Gasteiger partial charge in [-0.1, -0.05) is 24.3 Å². The minimum absolute atomic E-state index is 0.0163. The Bertz CT molecular complexity index is 1080. The van der Waals surface area contributed by atoms with Crippen LogP contribution in [-0.2, 0) is 4.79 Å². The molecule has 4 rings (SSSR count). The van der Waals surface area contributed by atoms with Crippen LogP contribution in [0.2, 0.25) is 0 Å². The van der Waals surface area contributed by atoms with E-state index >= 15 is 0 Å². The summed E-state index contributed by atoms with van der Waals surface area (Å²) in [4.78, 5) is 29.3. The molecule has 1 amide bonds. The molecule has 3 aromatic rings. The highest BCUT2D eigenvalue weighted by Gasteiger charge is 2.37. The smallest absolute Gasteiger partial charge is 0.226 e. The molecule has 9 heteroatoms. The zero-order chi connectivity index (χ0) is 22.6. The number of piperidine rings is 1.